The quantitative estimate of drug-likeness (QED) is 0.946. The van der Waals surface area contributed by atoms with Gasteiger partial charge in [-0.3, -0.25) is 9.78 Å². The lowest BCUT2D eigenvalue weighted by atomic mass is 9.98. The molecule has 5 nitrogen and oxygen atoms in total. The van der Waals surface area contributed by atoms with Crippen molar-refractivity contribution in [2.24, 2.45) is 5.92 Å². The Kier molecular flexibility index (Phi) is 4.53. The van der Waals surface area contributed by atoms with E-state index < -0.39 is 0 Å². The number of rotatable bonds is 3. The summed E-state index contributed by atoms with van der Waals surface area (Å²) < 4.78 is 0. The van der Waals surface area contributed by atoms with E-state index in [0.717, 1.165) is 37.3 Å². The van der Waals surface area contributed by atoms with E-state index in [2.05, 4.69) is 21.3 Å². The Morgan fingerprint density at radius 3 is 2.61 bits per heavy atom. The zero-order chi connectivity index (χ0) is 16.1. The van der Waals surface area contributed by atoms with Gasteiger partial charge in [-0.05, 0) is 37.1 Å². The molecule has 2 aromatic rings. The molecule has 116 valence electrons. The summed E-state index contributed by atoms with van der Waals surface area (Å²) in [5, 5.41) is 12.0. The maximum atomic E-state index is 12.3. The van der Waals surface area contributed by atoms with Crippen LogP contribution < -0.4 is 10.2 Å². The molecule has 3 rings (SSSR count). The van der Waals surface area contributed by atoms with Crippen LogP contribution in [0.5, 0.6) is 0 Å². The molecule has 23 heavy (non-hydrogen) atoms. The van der Waals surface area contributed by atoms with Gasteiger partial charge in [0.05, 0.1) is 17.4 Å². The first-order valence-electron chi connectivity index (χ1n) is 7.74. The molecule has 1 N–H and O–H groups in total. The van der Waals surface area contributed by atoms with Crippen molar-refractivity contribution in [1.82, 2.24) is 4.98 Å². The molecule has 2 heterocycles. The highest BCUT2D eigenvalue weighted by atomic mass is 16.1. The van der Waals surface area contributed by atoms with Gasteiger partial charge in [0.1, 0.15) is 5.69 Å². The Morgan fingerprint density at radius 2 is 1.91 bits per heavy atom. The fraction of sp³-hybridized carbons (Fsp3) is 0.278. The number of benzene rings is 1. The van der Waals surface area contributed by atoms with Gasteiger partial charge < -0.3 is 10.2 Å². The summed E-state index contributed by atoms with van der Waals surface area (Å²) in [4.78, 5) is 18.6. The van der Waals surface area contributed by atoms with Gasteiger partial charge in [-0.2, -0.15) is 5.26 Å². The first-order valence-corrected chi connectivity index (χ1v) is 7.74. The summed E-state index contributed by atoms with van der Waals surface area (Å²) in [6, 6.07) is 15.4. The minimum Gasteiger partial charge on any atom is -0.370 e. The summed E-state index contributed by atoms with van der Waals surface area (Å²) in [7, 11) is 0. The van der Waals surface area contributed by atoms with Crippen molar-refractivity contribution in [1.29, 1.82) is 5.26 Å². The van der Waals surface area contributed by atoms with E-state index in [9.17, 15) is 4.79 Å². The fourth-order valence-electron chi connectivity index (χ4n) is 2.79. The van der Waals surface area contributed by atoms with Gasteiger partial charge in [-0.25, -0.2) is 0 Å². The molecule has 1 saturated heterocycles. The average Bonchev–Trinajstić information content (AvgIpc) is 2.63. The molecular formula is C18H18N4O. The molecule has 1 aliphatic rings. The van der Waals surface area contributed by atoms with Gasteiger partial charge in [-0.1, -0.05) is 18.2 Å². The number of nitriles is 1. The minimum absolute atomic E-state index is 0.140. The maximum Gasteiger partial charge on any atom is 0.274 e. The normalized spacial score (nSPS) is 15.0. The van der Waals surface area contributed by atoms with Crippen molar-refractivity contribution < 1.29 is 4.79 Å². The molecule has 0 aliphatic carbocycles. The summed E-state index contributed by atoms with van der Waals surface area (Å²) in [6.45, 7) is 1.66. The first-order chi connectivity index (χ1) is 11.3. The van der Waals surface area contributed by atoms with Gasteiger partial charge in [0.2, 0.25) is 0 Å². The van der Waals surface area contributed by atoms with Crippen LogP contribution in [0.3, 0.4) is 0 Å². The van der Waals surface area contributed by atoms with Crippen LogP contribution in [0.1, 0.15) is 23.3 Å². The molecule has 0 unspecified atom stereocenters. The Hall–Kier alpha value is -2.87. The SMILES string of the molecule is N#CC1CCN(c2ccccc2NC(=O)c2ccccn2)CC1. The van der Waals surface area contributed by atoms with Gasteiger partial charge in [0, 0.05) is 25.2 Å². The van der Waals surface area contributed by atoms with E-state index in [1.165, 1.54) is 0 Å². The highest BCUT2D eigenvalue weighted by Gasteiger charge is 2.21. The molecule has 0 spiro atoms. The van der Waals surface area contributed by atoms with E-state index in [4.69, 9.17) is 5.26 Å². The average molecular weight is 306 g/mol. The highest BCUT2D eigenvalue weighted by Crippen LogP contribution is 2.29. The largest absolute Gasteiger partial charge is 0.370 e. The standard InChI is InChI=1S/C18H18N4O/c19-13-14-8-11-22(12-9-14)17-7-2-1-5-15(17)21-18(23)16-6-3-4-10-20-16/h1-7,10,14H,8-9,11-12H2,(H,21,23). The van der Waals surface area contributed by atoms with E-state index in [-0.39, 0.29) is 11.8 Å². The number of para-hydroxylation sites is 2. The Labute approximate surface area is 135 Å². The Bertz CT molecular complexity index is 715. The molecule has 0 radical (unpaired) electrons. The number of carbonyl (C=O) groups is 1. The van der Waals surface area contributed by atoms with Gasteiger partial charge in [0.25, 0.3) is 5.91 Å². The van der Waals surface area contributed by atoms with Crippen LogP contribution in [0.4, 0.5) is 11.4 Å². The number of anilines is 2. The third-order valence-electron chi connectivity index (χ3n) is 4.07. The Morgan fingerprint density at radius 1 is 1.17 bits per heavy atom. The highest BCUT2D eigenvalue weighted by molar-refractivity contribution is 6.04. The van der Waals surface area contributed by atoms with Crippen molar-refractivity contribution >= 4 is 17.3 Å². The van der Waals surface area contributed by atoms with Crippen LogP contribution in [0.2, 0.25) is 0 Å². The summed E-state index contributed by atoms with van der Waals surface area (Å²) in [5.41, 5.74) is 2.16. The van der Waals surface area contributed by atoms with Crippen LogP contribution in [0, 0.1) is 17.2 Å². The molecule has 1 aromatic carbocycles. The zero-order valence-electron chi connectivity index (χ0n) is 12.8. The first kappa shape index (κ1) is 15.0. The monoisotopic (exact) mass is 306 g/mol. The van der Waals surface area contributed by atoms with Crippen LogP contribution in [0.15, 0.2) is 48.7 Å². The number of hydrogen-bond donors (Lipinski definition) is 1. The van der Waals surface area contributed by atoms with E-state index in [1.807, 2.05) is 24.3 Å². The Balaban J connectivity index is 1.76. The van der Waals surface area contributed by atoms with Crippen LogP contribution in [-0.4, -0.2) is 24.0 Å². The predicted octanol–water partition coefficient (Wildman–Crippen LogP) is 3.07. The van der Waals surface area contributed by atoms with Crippen molar-refractivity contribution in [2.45, 2.75) is 12.8 Å². The molecule has 0 atom stereocenters. The summed E-state index contributed by atoms with van der Waals surface area (Å²) in [5.74, 6) is -0.0773. The molecule has 1 amide bonds. The maximum absolute atomic E-state index is 12.3. The van der Waals surface area contributed by atoms with Crippen molar-refractivity contribution in [3.63, 3.8) is 0 Å². The lowest BCUT2D eigenvalue weighted by Crippen LogP contribution is -2.34. The second kappa shape index (κ2) is 6.93. The molecule has 0 saturated carbocycles. The molecule has 1 fully saturated rings. The molecular weight excluding hydrogens is 288 g/mol. The van der Waals surface area contributed by atoms with Gasteiger partial charge in [-0.15, -0.1) is 0 Å². The van der Waals surface area contributed by atoms with Crippen molar-refractivity contribution in [2.75, 3.05) is 23.3 Å². The molecule has 1 aliphatic heterocycles. The topological polar surface area (TPSA) is 69.0 Å². The summed E-state index contributed by atoms with van der Waals surface area (Å²) in [6.07, 6.45) is 3.32. The number of pyridine rings is 1. The van der Waals surface area contributed by atoms with E-state index >= 15 is 0 Å². The molecule has 0 bridgehead atoms. The number of hydrogen-bond acceptors (Lipinski definition) is 4. The third-order valence-corrected chi connectivity index (χ3v) is 4.07. The number of carbonyl (C=O) groups excluding carboxylic acids is 1. The lowest BCUT2D eigenvalue weighted by molar-refractivity contribution is 0.102. The van der Waals surface area contributed by atoms with Gasteiger partial charge >= 0.3 is 0 Å². The number of piperidine rings is 1. The minimum atomic E-state index is -0.218. The van der Waals surface area contributed by atoms with Gasteiger partial charge in [0.15, 0.2) is 0 Å². The zero-order valence-corrected chi connectivity index (χ0v) is 12.8. The van der Waals surface area contributed by atoms with Crippen LogP contribution in [0.25, 0.3) is 0 Å². The second-order valence-electron chi connectivity index (χ2n) is 5.58. The van der Waals surface area contributed by atoms with E-state index in [0.29, 0.717) is 5.69 Å². The van der Waals surface area contributed by atoms with Crippen LogP contribution >= 0.6 is 0 Å². The predicted molar refractivity (Wildman–Crippen MR) is 89.2 cm³/mol. The third kappa shape index (κ3) is 3.49. The number of amides is 1. The fourth-order valence-corrected chi connectivity index (χ4v) is 2.79. The van der Waals surface area contributed by atoms with Crippen molar-refractivity contribution in [3.8, 4) is 6.07 Å². The molecule has 1 aromatic heterocycles. The summed E-state index contributed by atoms with van der Waals surface area (Å²) >= 11 is 0. The van der Waals surface area contributed by atoms with Crippen molar-refractivity contribution in [3.05, 3.63) is 54.4 Å². The number of nitrogens with one attached hydrogen (secondary N) is 1. The number of nitrogens with zero attached hydrogens (tertiary/aromatic N) is 3. The van der Waals surface area contributed by atoms with Crippen LogP contribution in [-0.2, 0) is 0 Å². The molecule has 5 heteroatoms. The van der Waals surface area contributed by atoms with E-state index in [1.54, 1.807) is 24.4 Å². The lowest BCUT2D eigenvalue weighted by Gasteiger charge is -2.32. The smallest absolute Gasteiger partial charge is 0.274 e. The second-order valence-corrected chi connectivity index (χ2v) is 5.58. The number of aromatic nitrogens is 1.